The smallest absolute Gasteiger partial charge is 0.266 e. The summed E-state index contributed by atoms with van der Waals surface area (Å²) in [5, 5.41) is 10.3. The van der Waals surface area contributed by atoms with Gasteiger partial charge in [0.05, 0.1) is 11.4 Å². The summed E-state index contributed by atoms with van der Waals surface area (Å²) in [6.45, 7) is 1.95. The van der Waals surface area contributed by atoms with Gasteiger partial charge in [0.15, 0.2) is 5.52 Å². The molecular weight excluding hydrogens is 316 g/mol. The van der Waals surface area contributed by atoms with Crippen molar-refractivity contribution in [3.05, 3.63) is 76.1 Å². The van der Waals surface area contributed by atoms with Gasteiger partial charge < -0.3 is 0 Å². The summed E-state index contributed by atoms with van der Waals surface area (Å²) in [6, 6.07) is 13.3. The van der Waals surface area contributed by atoms with Crippen molar-refractivity contribution >= 4 is 23.3 Å². The molecule has 0 fully saturated rings. The quantitative estimate of drug-likeness (QED) is 0.623. The lowest BCUT2D eigenvalue weighted by atomic mass is 10.2. The molecule has 0 atom stereocenters. The van der Waals surface area contributed by atoms with E-state index in [4.69, 9.17) is 0 Å². The summed E-state index contributed by atoms with van der Waals surface area (Å²) in [6.07, 6.45) is 5.27. The molecule has 0 aliphatic carbocycles. The van der Waals surface area contributed by atoms with Crippen molar-refractivity contribution in [1.82, 2.24) is 29.9 Å². The molecule has 0 amide bonds. The minimum absolute atomic E-state index is 0.207. The number of pyridine rings is 1. The van der Waals surface area contributed by atoms with Crippen LogP contribution in [0.2, 0.25) is 0 Å². The molecule has 1 aromatic carbocycles. The molecule has 4 rings (SSSR count). The van der Waals surface area contributed by atoms with E-state index < -0.39 is 0 Å². The van der Waals surface area contributed by atoms with Crippen molar-refractivity contribution in [2.24, 2.45) is 0 Å². The molecule has 122 valence electrons. The van der Waals surface area contributed by atoms with Gasteiger partial charge in [0.2, 0.25) is 5.65 Å². The average molecular weight is 330 g/mol. The molecule has 0 bridgehead atoms. The largest absolute Gasteiger partial charge is 0.288 e. The van der Waals surface area contributed by atoms with Crippen LogP contribution in [-0.2, 0) is 0 Å². The fraction of sp³-hybridized carbons (Fsp3) is 0.0556. The second-order valence-electron chi connectivity index (χ2n) is 5.48. The molecule has 0 unspecified atom stereocenters. The highest BCUT2D eigenvalue weighted by Crippen LogP contribution is 2.16. The standard InChI is InChI=1S/C18H14N6O/c1-12-6-2-3-8-14(12)24-15(10-9-13-7-4-5-11-19-13)20-17-16(18(24)25)21-23-22-17/h2-11H,1H3,(H,21,22,23)/b10-9+. The SMILES string of the molecule is Cc1ccccc1-n1c(/C=C/c2ccccn2)nc2n[nH]nc2c1=O. The molecular formula is C18H14N6O. The van der Waals surface area contributed by atoms with Crippen LogP contribution in [0.15, 0.2) is 53.5 Å². The van der Waals surface area contributed by atoms with Crippen LogP contribution < -0.4 is 5.56 Å². The van der Waals surface area contributed by atoms with E-state index in [0.717, 1.165) is 16.9 Å². The van der Waals surface area contributed by atoms with Crippen LogP contribution in [-0.4, -0.2) is 29.9 Å². The minimum atomic E-state index is -0.270. The highest BCUT2D eigenvalue weighted by Gasteiger charge is 2.15. The number of H-pyrrole nitrogens is 1. The number of benzene rings is 1. The van der Waals surface area contributed by atoms with Crippen molar-refractivity contribution in [3.8, 4) is 5.69 Å². The lowest BCUT2D eigenvalue weighted by Crippen LogP contribution is -2.23. The Morgan fingerprint density at radius 1 is 1.04 bits per heavy atom. The number of hydrogen-bond acceptors (Lipinski definition) is 5. The van der Waals surface area contributed by atoms with E-state index in [1.165, 1.54) is 0 Å². The first kappa shape index (κ1) is 14.9. The van der Waals surface area contributed by atoms with Gasteiger partial charge in [-0.15, -0.1) is 10.2 Å². The molecule has 25 heavy (non-hydrogen) atoms. The number of fused-ring (bicyclic) bond motifs is 1. The molecule has 0 radical (unpaired) electrons. The molecule has 7 heteroatoms. The van der Waals surface area contributed by atoms with Gasteiger partial charge in [-0.25, -0.2) is 4.98 Å². The monoisotopic (exact) mass is 330 g/mol. The van der Waals surface area contributed by atoms with Gasteiger partial charge in [0.1, 0.15) is 5.82 Å². The third-order valence-electron chi connectivity index (χ3n) is 3.83. The predicted molar refractivity (Wildman–Crippen MR) is 95.2 cm³/mol. The van der Waals surface area contributed by atoms with Gasteiger partial charge in [-0.3, -0.25) is 14.3 Å². The number of hydrogen-bond donors (Lipinski definition) is 1. The zero-order valence-corrected chi connectivity index (χ0v) is 13.4. The molecule has 0 aliphatic rings. The molecule has 3 aromatic heterocycles. The zero-order valence-electron chi connectivity index (χ0n) is 13.4. The van der Waals surface area contributed by atoms with E-state index in [1.807, 2.05) is 55.5 Å². The highest BCUT2D eigenvalue weighted by molar-refractivity contribution is 5.73. The van der Waals surface area contributed by atoms with Crippen LogP contribution in [0.3, 0.4) is 0 Å². The Bertz CT molecular complexity index is 1130. The van der Waals surface area contributed by atoms with Gasteiger partial charge in [-0.2, -0.15) is 5.21 Å². The second kappa shape index (κ2) is 6.12. The number of nitrogens with zero attached hydrogens (tertiary/aromatic N) is 5. The Hall–Kier alpha value is -3.61. The van der Waals surface area contributed by atoms with Crippen LogP contribution in [0.5, 0.6) is 0 Å². The van der Waals surface area contributed by atoms with Gasteiger partial charge in [-0.1, -0.05) is 24.3 Å². The van der Waals surface area contributed by atoms with Crippen molar-refractivity contribution in [1.29, 1.82) is 0 Å². The van der Waals surface area contributed by atoms with Crippen LogP contribution in [0.25, 0.3) is 29.0 Å². The van der Waals surface area contributed by atoms with E-state index in [-0.39, 0.29) is 16.7 Å². The average Bonchev–Trinajstić information content (AvgIpc) is 3.11. The van der Waals surface area contributed by atoms with Crippen molar-refractivity contribution < 1.29 is 0 Å². The summed E-state index contributed by atoms with van der Waals surface area (Å²) in [5.74, 6) is 0.464. The Morgan fingerprint density at radius 3 is 2.68 bits per heavy atom. The number of rotatable bonds is 3. The van der Waals surface area contributed by atoms with Crippen LogP contribution in [0, 0.1) is 6.92 Å². The van der Waals surface area contributed by atoms with E-state index in [0.29, 0.717) is 5.82 Å². The Kier molecular flexibility index (Phi) is 3.66. The molecule has 4 aromatic rings. The molecule has 0 aliphatic heterocycles. The van der Waals surface area contributed by atoms with Crippen molar-refractivity contribution in [2.45, 2.75) is 6.92 Å². The number of aromatic amines is 1. The fourth-order valence-corrected chi connectivity index (χ4v) is 2.61. The summed E-state index contributed by atoms with van der Waals surface area (Å²) >= 11 is 0. The van der Waals surface area contributed by atoms with Crippen LogP contribution in [0.1, 0.15) is 17.1 Å². The first-order valence-electron chi connectivity index (χ1n) is 7.73. The first-order chi connectivity index (χ1) is 12.2. The van der Waals surface area contributed by atoms with E-state index in [9.17, 15) is 4.79 Å². The number of aryl methyl sites for hydroxylation is 1. The molecule has 7 nitrogen and oxygen atoms in total. The summed E-state index contributed by atoms with van der Waals surface area (Å²) in [5.41, 5.74) is 2.71. The van der Waals surface area contributed by atoms with Crippen molar-refractivity contribution in [2.75, 3.05) is 0 Å². The summed E-state index contributed by atoms with van der Waals surface area (Å²) < 4.78 is 1.54. The fourth-order valence-electron chi connectivity index (χ4n) is 2.61. The number of para-hydroxylation sites is 1. The van der Waals surface area contributed by atoms with E-state index >= 15 is 0 Å². The van der Waals surface area contributed by atoms with Gasteiger partial charge >= 0.3 is 0 Å². The van der Waals surface area contributed by atoms with Crippen LogP contribution >= 0.6 is 0 Å². The maximum Gasteiger partial charge on any atom is 0.288 e. The molecule has 0 spiro atoms. The normalized spacial score (nSPS) is 11.4. The zero-order chi connectivity index (χ0) is 17.2. The highest BCUT2D eigenvalue weighted by atomic mass is 16.1. The number of nitrogens with one attached hydrogen (secondary N) is 1. The Morgan fingerprint density at radius 2 is 1.88 bits per heavy atom. The third-order valence-corrected chi connectivity index (χ3v) is 3.83. The van der Waals surface area contributed by atoms with Gasteiger partial charge in [0.25, 0.3) is 5.56 Å². The van der Waals surface area contributed by atoms with Gasteiger partial charge in [0, 0.05) is 6.20 Å². The van der Waals surface area contributed by atoms with E-state index in [2.05, 4.69) is 25.4 Å². The number of aromatic nitrogens is 6. The predicted octanol–water partition coefficient (Wildman–Crippen LogP) is 2.38. The maximum absolute atomic E-state index is 12.9. The molecule has 0 saturated heterocycles. The Labute approximate surface area is 142 Å². The summed E-state index contributed by atoms with van der Waals surface area (Å²) in [4.78, 5) is 21.6. The molecule has 3 heterocycles. The lowest BCUT2D eigenvalue weighted by molar-refractivity contribution is 0.929. The molecule has 0 saturated carbocycles. The maximum atomic E-state index is 12.9. The van der Waals surface area contributed by atoms with E-state index in [1.54, 1.807) is 16.8 Å². The van der Waals surface area contributed by atoms with Crippen LogP contribution in [0.4, 0.5) is 0 Å². The minimum Gasteiger partial charge on any atom is -0.266 e. The molecule has 1 N–H and O–H groups in total. The Balaban J connectivity index is 1.96. The first-order valence-corrected chi connectivity index (χ1v) is 7.73. The topological polar surface area (TPSA) is 89.3 Å². The second-order valence-corrected chi connectivity index (χ2v) is 5.48. The van der Waals surface area contributed by atoms with Gasteiger partial charge in [-0.05, 0) is 42.8 Å². The lowest BCUT2D eigenvalue weighted by Gasteiger charge is -2.11. The summed E-state index contributed by atoms with van der Waals surface area (Å²) in [7, 11) is 0. The third kappa shape index (κ3) is 2.72. The van der Waals surface area contributed by atoms with Crippen molar-refractivity contribution in [3.63, 3.8) is 0 Å².